The number of hydrazine groups is 1. The minimum Gasteiger partial charge on any atom is -0.271 e. The van der Waals surface area contributed by atoms with Crippen LogP contribution in [0.25, 0.3) is 0 Å². The standard InChI is InChI=1S/C15H15BrF2N2/c1-8-3-5-12(14(18)13(8)17)15(20-19)11-6-4-10(16)7-9(11)2/h3-7,15,20H,19H2,1-2H3. The number of benzene rings is 2. The minimum absolute atomic E-state index is 0.195. The van der Waals surface area contributed by atoms with Gasteiger partial charge in [0.05, 0.1) is 6.04 Å². The molecule has 0 aliphatic heterocycles. The van der Waals surface area contributed by atoms with Gasteiger partial charge >= 0.3 is 0 Å². The third kappa shape index (κ3) is 2.75. The maximum atomic E-state index is 14.1. The molecule has 1 atom stereocenters. The van der Waals surface area contributed by atoms with Crippen molar-refractivity contribution in [2.24, 2.45) is 5.84 Å². The van der Waals surface area contributed by atoms with Gasteiger partial charge in [-0.25, -0.2) is 14.2 Å². The third-order valence-corrected chi connectivity index (χ3v) is 3.82. The molecule has 0 aliphatic rings. The van der Waals surface area contributed by atoms with Crippen LogP contribution in [0.5, 0.6) is 0 Å². The van der Waals surface area contributed by atoms with Crippen molar-refractivity contribution in [3.8, 4) is 0 Å². The van der Waals surface area contributed by atoms with E-state index in [0.717, 1.165) is 15.6 Å². The Labute approximate surface area is 125 Å². The van der Waals surface area contributed by atoms with Gasteiger partial charge in [-0.15, -0.1) is 0 Å². The lowest BCUT2D eigenvalue weighted by Crippen LogP contribution is -2.30. The second kappa shape index (κ2) is 5.99. The molecule has 0 saturated heterocycles. The maximum absolute atomic E-state index is 14.1. The summed E-state index contributed by atoms with van der Waals surface area (Å²) >= 11 is 3.37. The van der Waals surface area contributed by atoms with Crippen molar-refractivity contribution in [2.45, 2.75) is 19.9 Å². The first kappa shape index (κ1) is 15.1. The lowest BCUT2D eigenvalue weighted by atomic mass is 9.94. The SMILES string of the molecule is Cc1cc(Br)ccc1C(NN)c1ccc(C)c(F)c1F. The molecule has 0 aromatic heterocycles. The Morgan fingerprint density at radius 2 is 1.65 bits per heavy atom. The van der Waals surface area contributed by atoms with Crippen LogP contribution in [-0.2, 0) is 0 Å². The van der Waals surface area contributed by atoms with Crippen LogP contribution in [0, 0.1) is 25.5 Å². The first-order valence-electron chi connectivity index (χ1n) is 6.12. The lowest BCUT2D eigenvalue weighted by molar-refractivity contribution is 0.478. The fraction of sp³-hybridized carbons (Fsp3) is 0.200. The summed E-state index contributed by atoms with van der Waals surface area (Å²) in [5.41, 5.74) is 4.77. The molecule has 20 heavy (non-hydrogen) atoms. The van der Waals surface area contributed by atoms with E-state index in [-0.39, 0.29) is 11.1 Å². The molecule has 1 unspecified atom stereocenters. The predicted molar refractivity (Wildman–Crippen MR) is 79.1 cm³/mol. The van der Waals surface area contributed by atoms with Crippen LogP contribution in [0.2, 0.25) is 0 Å². The molecule has 3 N–H and O–H groups in total. The van der Waals surface area contributed by atoms with E-state index in [4.69, 9.17) is 5.84 Å². The molecule has 0 radical (unpaired) electrons. The summed E-state index contributed by atoms with van der Waals surface area (Å²) in [6.07, 6.45) is 0. The van der Waals surface area contributed by atoms with Crippen LogP contribution in [0.3, 0.4) is 0 Å². The Hall–Kier alpha value is -1.30. The van der Waals surface area contributed by atoms with Gasteiger partial charge in [-0.05, 0) is 42.7 Å². The van der Waals surface area contributed by atoms with Crippen LogP contribution in [-0.4, -0.2) is 0 Å². The predicted octanol–water partition coefficient (Wildman–Crippen LogP) is 3.90. The summed E-state index contributed by atoms with van der Waals surface area (Å²) in [5, 5.41) is 0. The summed E-state index contributed by atoms with van der Waals surface area (Å²) in [5.74, 6) is 3.85. The van der Waals surface area contributed by atoms with E-state index in [2.05, 4.69) is 21.4 Å². The van der Waals surface area contributed by atoms with Crippen molar-refractivity contribution in [1.29, 1.82) is 0 Å². The van der Waals surface area contributed by atoms with Crippen molar-refractivity contribution in [2.75, 3.05) is 0 Å². The van der Waals surface area contributed by atoms with Crippen molar-refractivity contribution in [3.63, 3.8) is 0 Å². The largest absolute Gasteiger partial charge is 0.271 e. The Balaban J connectivity index is 2.55. The quantitative estimate of drug-likeness (QED) is 0.656. The molecule has 0 saturated carbocycles. The van der Waals surface area contributed by atoms with E-state index in [0.29, 0.717) is 0 Å². The van der Waals surface area contributed by atoms with Crippen LogP contribution in [0.15, 0.2) is 34.8 Å². The van der Waals surface area contributed by atoms with Crippen LogP contribution in [0.1, 0.15) is 28.3 Å². The molecular weight excluding hydrogens is 326 g/mol. The highest BCUT2D eigenvalue weighted by atomic mass is 79.9. The molecule has 5 heteroatoms. The average Bonchev–Trinajstić information content (AvgIpc) is 2.41. The number of hydrogen-bond donors (Lipinski definition) is 2. The first-order chi connectivity index (χ1) is 9.45. The summed E-state index contributed by atoms with van der Waals surface area (Å²) in [6, 6.07) is 8.09. The molecule has 2 aromatic rings. The van der Waals surface area contributed by atoms with E-state index >= 15 is 0 Å². The number of hydrogen-bond acceptors (Lipinski definition) is 2. The normalized spacial score (nSPS) is 12.5. The van der Waals surface area contributed by atoms with E-state index in [1.54, 1.807) is 12.1 Å². The average molecular weight is 341 g/mol. The van der Waals surface area contributed by atoms with Crippen molar-refractivity contribution >= 4 is 15.9 Å². The summed E-state index contributed by atoms with van der Waals surface area (Å²) in [7, 11) is 0. The maximum Gasteiger partial charge on any atom is 0.164 e. The van der Waals surface area contributed by atoms with Gasteiger partial charge in [-0.1, -0.05) is 34.1 Å². The Kier molecular flexibility index (Phi) is 4.52. The lowest BCUT2D eigenvalue weighted by Gasteiger charge is -2.20. The molecule has 0 amide bonds. The van der Waals surface area contributed by atoms with Gasteiger partial charge in [0.25, 0.3) is 0 Å². The molecule has 2 rings (SSSR count). The van der Waals surface area contributed by atoms with Gasteiger partial charge in [0.2, 0.25) is 0 Å². The minimum atomic E-state index is -0.865. The molecule has 2 aromatic carbocycles. The number of halogens is 3. The topological polar surface area (TPSA) is 38.0 Å². The van der Waals surface area contributed by atoms with Crippen LogP contribution < -0.4 is 11.3 Å². The van der Waals surface area contributed by atoms with Crippen molar-refractivity contribution < 1.29 is 8.78 Å². The van der Waals surface area contributed by atoms with Gasteiger partial charge in [-0.2, -0.15) is 0 Å². The number of rotatable bonds is 3. The number of aryl methyl sites for hydroxylation is 2. The van der Waals surface area contributed by atoms with Crippen molar-refractivity contribution in [1.82, 2.24) is 5.43 Å². The number of nitrogens with two attached hydrogens (primary N) is 1. The number of nitrogens with one attached hydrogen (secondary N) is 1. The Bertz CT molecular complexity index is 644. The van der Waals surface area contributed by atoms with Crippen molar-refractivity contribution in [3.05, 3.63) is 68.7 Å². The molecule has 0 bridgehead atoms. The van der Waals surface area contributed by atoms with Gasteiger partial charge < -0.3 is 0 Å². The highest BCUT2D eigenvalue weighted by molar-refractivity contribution is 9.10. The highest BCUT2D eigenvalue weighted by Crippen LogP contribution is 2.29. The van der Waals surface area contributed by atoms with Gasteiger partial charge in [-0.3, -0.25) is 5.84 Å². The molecular formula is C15H15BrF2N2. The summed E-state index contributed by atoms with van der Waals surface area (Å²) in [4.78, 5) is 0. The molecule has 0 aliphatic carbocycles. The molecule has 0 spiro atoms. The molecule has 0 heterocycles. The second-order valence-corrected chi connectivity index (χ2v) is 5.62. The third-order valence-electron chi connectivity index (χ3n) is 3.33. The fourth-order valence-electron chi connectivity index (χ4n) is 2.19. The second-order valence-electron chi connectivity index (χ2n) is 4.70. The van der Waals surface area contributed by atoms with Crippen LogP contribution in [0.4, 0.5) is 8.78 Å². The van der Waals surface area contributed by atoms with Crippen LogP contribution >= 0.6 is 15.9 Å². The fourth-order valence-corrected chi connectivity index (χ4v) is 2.67. The summed E-state index contributed by atoms with van der Waals surface area (Å²) < 4.78 is 28.8. The zero-order chi connectivity index (χ0) is 14.9. The Morgan fingerprint density at radius 3 is 2.25 bits per heavy atom. The molecule has 106 valence electrons. The van der Waals surface area contributed by atoms with Gasteiger partial charge in [0.1, 0.15) is 0 Å². The van der Waals surface area contributed by atoms with Gasteiger partial charge in [0.15, 0.2) is 11.6 Å². The van der Waals surface area contributed by atoms with Gasteiger partial charge in [0, 0.05) is 10.0 Å². The Morgan fingerprint density at radius 1 is 1.00 bits per heavy atom. The zero-order valence-corrected chi connectivity index (χ0v) is 12.8. The summed E-state index contributed by atoms with van der Waals surface area (Å²) in [6.45, 7) is 3.42. The first-order valence-corrected chi connectivity index (χ1v) is 6.91. The van der Waals surface area contributed by atoms with E-state index in [1.807, 2.05) is 25.1 Å². The monoisotopic (exact) mass is 340 g/mol. The molecule has 2 nitrogen and oxygen atoms in total. The smallest absolute Gasteiger partial charge is 0.164 e. The highest BCUT2D eigenvalue weighted by Gasteiger charge is 2.21. The van der Waals surface area contributed by atoms with E-state index in [9.17, 15) is 8.78 Å². The zero-order valence-electron chi connectivity index (χ0n) is 11.2. The van der Waals surface area contributed by atoms with E-state index in [1.165, 1.54) is 6.92 Å². The molecule has 0 fully saturated rings. The van der Waals surface area contributed by atoms with E-state index < -0.39 is 17.7 Å².